The van der Waals surface area contributed by atoms with Crippen molar-refractivity contribution in [2.24, 2.45) is 10.8 Å². The van der Waals surface area contributed by atoms with Crippen molar-refractivity contribution in [3.05, 3.63) is 179 Å². The Morgan fingerprint density at radius 1 is 0.333 bits per heavy atom. The summed E-state index contributed by atoms with van der Waals surface area (Å²) in [5.74, 6) is 0. The van der Waals surface area contributed by atoms with E-state index >= 15 is 0 Å². The van der Waals surface area contributed by atoms with Gasteiger partial charge in [0.25, 0.3) is 0 Å². The van der Waals surface area contributed by atoms with Gasteiger partial charge >= 0.3 is 0 Å². The number of aryl methyl sites for hydroxylation is 4. The molecular weight excluding hydrogens is 801 g/mol. The van der Waals surface area contributed by atoms with Gasteiger partial charge in [0.05, 0.1) is 33.5 Å². The predicted molar refractivity (Wildman–Crippen MR) is 282 cm³/mol. The van der Waals surface area contributed by atoms with Gasteiger partial charge in [-0.2, -0.15) is 0 Å². The van der Waals surface area contributed by atoms with E-state index in [-0.39, 0.29) is 10.8 Å². The van der Waals surface area contributed by atoms with Crippen LogP contribution in [0.2, 0.25) is 0 Å². The maximum absolute atomic E-state index is 5.13. The zero-order valence-electron chi connectivity index (χ0n) is 40.1. The molecule has 0 saturated carbocycles. The van der Waals surface area contributed by atoms with Gasteiger partial charge in [-0.3, -0.25) is 9.97 Å². The van der Waals surface area contributed by atoms with E-state index in [0.717, 1.165) is 63.1 Å². The van der Waals surface area contributed by atoms with Crippen molar-refractivity contribution >= 4 is 65.2 Å². The van der Waals surface area contributed by atoms with Gasteiger partial charge in [0.1, 0.15) is 0 Å². The molecule has 0 radical (unpaired) electrons. The first-order chi connectivity index (χ1) is 31.5. The number of aromatic nitrogens is 4. The standard InChI is InChI=1S/C31H28N2.C31H30N2/c1-18-12-19(2)14-20(13-18)28-16-25-24-15-21(17-31(3,4)5)32-26-10-6-8-22(29(24)26)23-9-7-11-27(33-28)30(23)25;1-20-16-21(2)18-22(17-20)28-15-14-27-25(9-7-11-30(27)33-28)24-8-6-10-29-26(24)13-12-23(32-29)19-31(3,4)5/h6-16H,17H2,1-5H3;6-18H,19H2,1-5H3. The van der Waals surface area contributed by atoms with Crippen LogP contribution in [0.3, 0.4) is 0 Å². The van der Waals surface area contributed by atoms with Gasteiger partial charge in [-0.05, 0) is 157 Å². The van der Waals surface area contributed by atoms with E-state index in [1.807, 2.05) is 0 Å². The third-order valence-corrected chi connectivity index (χ3v) is 12.6. The first kappa shape index (κ1) is 42.9. The van der Waals surface area contributed by atoms with Crippen LogP contribution in [0.1, 0.15) is 75.2 Å². The van der Waals surface area contributed by atoms with Crippen LogP contribution in [0.5, 0.6) is 0 Å². The van der Waals surface area contributed by atoms with Crippen LogP contribution < -0.4 is 0 Å². The molecule has 0 bridgehead atoms. The van der Waals surface area contributed by atoms with E-state index in [1.165, 1.54) is 82.2 Å². The fraction of sp³-hybridized carbons (Fsp3) is 0.226. The molecule has 66 heavy (non-hydrogen) atoms. The fourth-order valence-corrected chi connectivity index (χ4v) is 10.2. The number of pyridine rings is 4. The summed E-state index contributed by atoms with van der Waals surface area (Å²) in [5.41, 5.74) is 18.7. The van der Waals surface area contributed by atoms with Crippen LogP contribution in [-0.4, -0.2) is 19.9 Å². The third-order valence-electron chi connectivity index (χ3n) is 12.6. The fourth-order valence-electron chi connectivity index (χ4n) is 10.2. The number of fused-ring (bicyclic) bond motifs is 4. The average Bonchev–Trinajstić information content (AvgIpc) is 3.25. The second-order valence-corrected chi connectivity index (χ2v) is 21.1. The van der Waals surface area contributed by atoms with E-state index in [4.69, 9.17) is 19.9 Å². The minimum Gasteiger partial charge on any atom is -0.253 e. The van der Waals surface area contributed by atoms with Gasteiger partial charge in [0.2, 0.25) is 0 Å². The highest BCUT2D eigenvalue weighted by molar-refractivity contribution is 6.32. The molecule has 0 unspecified atom stereocenters. The lowest BCUT2D eigenvalue weighted by Crippen LogP contribution is -2.10. The van der Waals surface area contributed by atoms with E-state index < -0.39 is 0 Å². The number of benzene rings is 7. The molecule has 0 fully saturated rings. The number of hydrogen-bond acceptors (Lipinski definition) is 4. The van der Waals surface area contributed by atoms with Crippen LogP contribution in [0.15, 0.2) is 146 Å². The lowest BCUT2D eigenvalue weighted by molar-refractivity contribution is 0.406. The predicted octanol–water partition coefficient (Wildman–Crippen LogP) is 16.7. The first-order valence-corrected chi connectivity index (χ1v) is 23.4. The summed E-state index contributed by atoms with van der Waals surface area (Å²) in [4.78, 5) is 20.2. The van der Waals surface area contributed by atoms with Crippen molar-refractivity contribution in [2.75, 3.05) is 0 Å². The normalized spacial score (nSPS) is 12.2. The van der Waals surface area contributed by atoms with Crippen LogP contribution in [0.4, 0.5) is 0 Å². The Balaban J connectivity index is 0.000000155. The largest absolute Gasteiger partial charge is 0.253 e. The van der Waals surface area contributed by atoms with Gasteiger partial charge in [-0.25, -0.2) is 9.97 Å². The molecule has 0 aliphatic rings. The summed E-state index contributed by atoms with van der Waals surface area (Å²) in [7, 11) is 0. The topological polar surface area (TPSA) is 51.6 Å². The molecule has 11 rings (SSSR count). The minimum atomic E-state index is 0.176. The highest BCUT2D eigenvalue weighted by atomic mass is 14.7. The van der Waals surface area contributed by atoms with Gasteiger partial charge in [-0.1, -0.05) is 137 Å². The zero-order valence-corrected chi connectivity index (χ0v) is 40.1. The van der Waals surface area contributed by atoms with Crippen LogP contribution in [0.25, 0.3) is 98.8 Å². The first-order valence-electron chi connectivity index (χ1n) is 23.4. The maximum Gasteiger partial charge on any atom is 0.0722 e. The average molecular weight is 859 g/mol. The summed E-state index contributed by atoms with van der Waals surface area (Å²) in [6, 6.07) is 52.6. The van der Waals surface area contributed by atoms with Crippen molar-refractivity contribution in [2.45, 2.75) is 82.1 Å². The van der Waals surface area contributed by atoms with Crippen LogP contribution in [-0.2, 0) is 12.8 Å². The molecule has 7 aromatic carbocycles. The maximum atomic E-state index is 5.13. The lowest BCUT2D eigenvalue weighted by atomic mass is 9.88. The highest BCUT2D eigenvalue weighted by Gasteiger charge is 2.20. The van der Waals surface area contributed by atoms with Crippen molar-refractivity contribution < 1.29 is 0 Å². The summed E-state index contributed by atoms with van der Waals surface area (Å²) >= 11 is 0. The molecule has 4 heteroatoms. The minimum absolute atomic E-state index is 0.176. The van der Waals surface area contributed by atoms with Crippen molar-refractivity contribution in [1.82, 2.24) is 19.9 Å². The SMILES string of the molecule is Cc1cc(C)cc(-c2cc3c4cc(CC(C)(C)C)nc5cccc(c6cccc(n2)c63)c54)c1.Cc1cc(C)cc(-c2ccc3c(-c4cccc5nc(CC(C)(C)C)ccc45)cccc3n2)c1. The molecule has 0 saturated heterocycles. The van der Waals surface area contributed by atoms with Gasteiger partial charge in [0, 0.05) is 44.1 Å². The highest BCUT2D eigenvalue weighted by Crippen LogP contribution is 2.42. The van der Waals surface area contributed by atoms with Gasteiger partial charge in [-0.15, -0.1) is 0 Å². The summed E-state index contributed by atoms with van der Waals surface area (Å²) in [6.45, 7) is 22.2. The zero-order chi connectivity index (χ0) is 46.1. The van der Waals surface area contributed by atoms with E-state index in [0.29, 0.717) is 0 Å². The Morgan fingerprint density at radius 2 is 0.758 bits per heavy atom. The summed E-state index contributed by atoms with van der Waals surface area (Å²) < 4.78 is 0. The smallest absolute Gasteiger partial charge is 0.0722 e. The second-order valence-electron chi connectivity index (χ2n) is 21.1. The lowest BCUT2D eigenvalue weighted by Gasteiger charge is -2.20. The van der Waals surface area contributed by atoms with E-state index in [9.17, 15) is 0 Å². The molecule has 0 spiro atoms. The van der Waals surface area contributed by atoms with E-state index in [1.54, 1.807) is 0 Å². The van der Waals surface area contributed by atoms with Crippen molar-refractivity contribution in [3.8, 4) is 33.6 Å². The molecule has 4 aromatic heterocycles. The van der Waals surface area contributed by atoms with Crippen LogP contribution in [0, 0.1) is 38.5 Å². The number of hydrogen-bond donors (Lipinski definition) is 0. The van der Waals surface area contributed by atoms with Crippen molar-refractivity contribution in [1.29, 1.82) is 0 Å². The molecular formula is C62H58N4. The molecule has 0 N–H and O–H groups in total. The Bertz CT molecular complexity index is 3620. The van der Waals surface area contributed by atoms with Gasteiger partial charge < -0.3 is 0 Å². The Kier molecular flexibility index (Phi) is 10.7. The monoisotopic (exact) mass is 858 g/mol. The molecule has 4 nitrogen and oxygen atoms in total. The molecule has 0 atom stereocenters. The third kappa shape index (κ3) is 8.49. The number of nitrogens with zero attached hydrogens (tertiary/aromatic N) is 4. The Labute approximate surface area is 389 Å². The number of rotatable bonds is 5. The summed E-state index contributed by atoms with van der Waals surface area (Å²) in [5, 5.41) is 9.92. The molecule has 0 amide bonds. The Hall–Kier alpha value is -7.04. The molecule has 11 aromatic rings. The Morgan fingerprint density at radius 3 is 1.32 bits per heavy atom. The quantitative estimate of drug-likeness (QED) is 0.128. The second kappa shape index (κ2) is 16.4. The molecule has 0 aliphatic heterocycles. The molecule has 326 valence electrons. The van der Waals surface area contributed by atoms with Gasteiger partial charge in [0.15, 0.2) is 0 Å². The van der Waals surface area contributed by atoms with Crippen LogP contribution >= 0.6 is 0 Å². The van der Waals surface area contributed by atoms with Crippen molar-refractivity contribution in [3.63, 3.8) is 0 Å². The van der Waals surface area contributed by atoms with E-state index in [2.05, 4.69) is 215 Å². The summed E-state index contributed by atoms with van der Waals surface area (Å²) in [6.07, 6.45) is 1.91. The molecule has 0 aliphatic carbocycles. The molecule has 4 heterocycles.